The van der Waals surface area contributed by atoms with Crippen molar-refractivity contribution in [1.29, 1.82) is 0 Å². The van der Waals surface area contributed by atoms with Crippen molar-refractivity contribution in [2.45, 2.75) is 52.1 Å². The van der Waals surface area contributed by atoms with Crippen molar-refractivity contribution < 1.29 is 4.79 Å². The number of fused-ring (bicyclic) bond motifs is 1. The maximum atomic E-state index is 12.0. The predicted octanol–water partition coefficient (Wildman–Crippen LogP) is 1.63. The molecular weight excluding hydrogens is 254 g/mol. The largest absolute Gasteiger partial charge is 0.338 e. The molecule has 2 N–H and O–H groups in total. The molecule has 2 aliphatic rings. The van der Waals surface area contributed by atoms with Crippen molar-refractivity contribution in [2.24, 2.45) is 11.8 Å². The van der Waals surface area contributed by atoms with E-state index in [0.717, 1.165) is 37.6 Å². The van der Waals surface area contributed by atoms with Crippen molar-refractivity contribution in [2.75, 3.05) is 6.54 Å². The fourth-order valence-corrected chi connectivity index (χ4v) is 2.68. The van der Waals surface area contributed by atoms with Gasteiger partial charge in [0.2, 0.25) is 0 Å². The molecule has 3 rings (SSSR count). The molecule has 2 heterocycles. The number of urea groups is 1. The standard InChI is InChI=1S/C14H23N5O/c1-9(2)12(16-14(20)15-8-10-5-6-10)13-18-17-11-4-3-7-19(11)13/h9-10,12H,3-8H2,1-2H3,(H2,15,16,20)/t12-/m0/s1. The van der Waals surface area contributed by atoms with Gasteiger partial charge < -0.3 is 15.2 Å². The fourth-order valence-electron chi connectivity index (χ4n) is 2.68. The number of hydrogen-bond acceptors (Lipinski definition) is 3. The van der Waals surface area contributed by atoms with Gasteiger partial charge in [0, 0.05) is 19.5 Å². The summed E-state index contributed by atoms with van der Waals surface area (Å²) >= 11 is 0. The Kier molecular flexibility index (Phi) is 3.63. The van der Waals surface area contributed by atoms with Crippen LogP contribution in [0.25, 0.3) is 0 Å². The molecule has 1 aliphatic heterocycles. The molecule has 20 heavy (non-hydrogen) atoms. The monoisotopic (exact) mass is 277 g/mol. The first-order chi connectivity index (χ1) is 9.65. The van der Waals surface area contributed by atoms with Crippen LogP contribution in [-0.2, 0) is 13.0 Å². The Morgan fingerprint density at radius 2 is 2.20 bits per heavy atom. The van der Waals surface area contributed by atoms with Crippen LogP contribution in [0.15, 0.2) is 0 Å². The molecule has 6 nitrogen and oxygen atoms in total. The average Bonchev–Trinajstić information content (AvgIpc) is 2.97. The Morgan fingerprint density at radius 1 is 1.40 bits per heavy atom. The van der Waals surface area contributed by atoms with Crippen LogP contribution in [0.5, 0.6) is 0 Å². The summed E-state index contributed by atoms with van der Waals surface area (Å²) in [4.78, 5) is 12.0. The van der Waals surface area contributed by atoms with Gasteiger partial charge in [-0.3, -0.25) is 0 Å². The number of rotatable bonds is 5. The summed E-state index contributed by atoms with van der Waals surface area (Å²) in [5.74, 6) is 2.92. The van der Waals surface area contributed by atoms with Crippen LogP contribution in [0.2, 0.25) is 0 Å². The molecule has 0 spiro atoms. The highest BCUT2D eigenvalue weighted by Crippen LogP contribution is 2.28. The molecule has 0 bridgehead atoms. The number of aryl methyl sites for hydroxylation is 1. The van der Waals surface area contributed by atoms with Gasteiger partial charge in [-0.05, 0) is 31.1 Å². The smallest absolute Gasteiger partial charge is 0.315 e. The van der Waals surface area contributed by atoms with Crippen molar-refractivity contribution >= 4 is 6.03 Å². The molecule has 1 fully saturated rings. The molecule has 110 valence electrons. The number of carbonyl (C=O) groups is 1. The van der Waals surface area contributed by atoms with E-state index in [0.29, 0.717) is 5.92 Å². The average molecular weight is 277 g/mol. The Hall–Kier alpha value is -1.59. The zero-order chi connectivity index (χ0) is 14.1. The van der Waals surface area contributed by atoms with Crippen LogP contribution < -0.4 is 10.6 Å². The van der Waals surface area contributed by atoms with Gasteiger partial charge in [-0.2, -0.15) is 0 Å². The quantitative estimate of drug-likeness (QED) is 0.859. The molecule has 1 saturated carbocycles. The van der Waals surface area contributed by atoms with Crippen LogP contribution >= 0.6 is 0 Å². The lowest BCUT2D eigenvalue weighted by molar-refractivity contribution is 0.231. The molecule has 1 aromatic rings. The van der Waals surface area contributed by atoms with Gasteiger partial charge in [-0.25, -0.2) is 4.79 Å². The van der Waals surface area contributed by atoms with E-state index in [4.69, 9.17) is 0 Å². The van der Waals surface area contributed by atoms with E-state index in [-0.39, 0.29) is 18.0 Å². The van der Waals surface area contributed by atoms with Gasteiger partial charge in [-0.15, -0.1) is 10.2 Å². The summed E-state index contributed by atoms with van der Waals surface area (Å²) in [6.07, 6.45) is 4.60. The van der Waals surface area contributed by atoms with E-state index in [1.54, 1.807) is 0 Å². The van der Waals surface area contributed by atoms with E-state index < -0.39 is 0 Å². The third kappa shape index (κ3) is 2.78. The van der Waals surface area contributed by atoms with E-state index in [2.05, 4.69) is 39.2 Å². The third-order valence-corrected chi connectivity index (χ3v) is 4.12. The Balaban J connectivity index is 1.66. The lowest BCUT2D eigenvalue weighted by atomic mass is 10.0. The van der Waals surface area contributed by atoms with Crippen molar-refractivity contribution in [3.05, 3.63) is 11.6 Å². The van der Waals surface area contributed by atoms with Crippen LogP contribution in [-0.4, -0.2) is 27.3 Å². The second-order valence-corrected chi connectivity index (χ2v) is 6.25. The van der Waals surface area contributed by atoms with Gasteiger partial charge >= 0.3 is 6.03 Å². The molecule has 2 amide bonds. The zero-order valence-electron chi connectivity index (χ0n) is 12.2. The summed E-state index contributed by atoms with van der Waals surface area (Å²) < 4.78 is 2.16. The number of nitrogens with zero attached hydrogens (tertiary/aromatic N) is 3. The first-order valence-electron chi connectivity index (χ1n) is 7.61. The molecule has 0 aromatic carbocycles. The molecule has 0 radical (unpaired) electrons. The van der Waals surface area contributed by atoms with Gasteiger partial charge in [0.1, 0.15) is 5.82 Å². The van der Waals surface area contributed by atoms with Crippen molar-refractivity contribution in [1.82, 2.24) is 25.4 Å². The molecule has 1 atom stereocenters. The highest BCUT2D eigenvalue weighted by molar-refractivity contribution is 5.74. The normalized spacial score (nSPS) is 18.9. The fraction of sp³-hybridized carbons (Fsp3) is 0.786. The van der Waals surface area contributed by atoms with Crippen LogP contribution in [0.3, 0.4) is 0 Å². The summed E-state index contributed by atoms with van der Waals surface area (Å²) in [5.41, 5.74) is 0. The number of amides is 2. The lowest BCUT2D eigenvalue weighted by Crippen LogP contribution is -2.41. The molecular formula is C14H23N5O. The van der Waals surface area contributed by atoms with Gasteiger partial charge in [0.25, 0.3) is 0 Å². The van der Waals surface area contributed by atoms with Gasteiger partial charge in [0.05, 0.1) is 6.04 Å². The second kappa shape index (κ2) is 5.42. The minimum Gasteiger partial charge on any atom is -0.338 e. The summed E-state index contributed by atoms with van der Waals surface area (Å²) in [6, 6.07) is -0.167. The molecule has 1 aromatic heterocycles. The zero-order valence-corrected chi connectivity index (χ0v) is 12.2. The summed E-state index contributed by atoms with van der Waals surface area (Å²) in [6.45, 7) is 5.95. The number of nitrogens with one attached hydrogen (secondary N) is 2. The topological polar surface area (TPSA) is 71.8 Å². The molecule has 6 heteroatoms. The maximum Gasteiger partial charge on any atom is 0.315 e. The van der Waals surface area contributed by atoms with E-state index in [1.807, 2.05) is 0 Å². The van der Waals surface area contributed by atoms with E-state index in [9.17, 15) is 4.79 Å². The Morgan fingerprint density at radius 3 is 2.90 bits per heavy atom. The molecule has 1 aliphatic carbocycles. The van der Waals surface area contributed by atoms with Crippen molar-refractivity contribution in [3.63, 3.8) is 0 Å². The Bertz CT molecular complexity index is 492. The number of aromatic nitrogens is 3. The molecule has 0 unspecified atom stereocenters. The van der Waals surface area contributed by atoms with Crippen molar-refractivity contribution in [3.8, 4) is 0 Å². The number of hydrogen-bond donors (Lipinski definition) is 2. The summed E-state index contributed by atoms with van der Waals surface area (Å²) in [5, 5.41) is 14.5. The van der Waals surface area contributed by atoms with Crippen LogP contribution in [0, 0.1) is 11.8 Å². The Labute approximate surface area is 119 Å². The first kappa shape index (κ1) is 13.4. The summed E-state index contributed by atoms with van der Waals surface area (Å²) in [7, 11) is 0. The SMILES string of the molecule is CC(C)[C@H](NC(=O)NCC1CC1)c1nnc2n1CCC2. The third-order valence-electron chi connectivity index (χ3n) is 4.12. The highest BCUT2D eigenvalue weighted by atomic mass is 16.2. The van der Waals surface area contributed by atoms with E-state index in [1.165, 1.54) is 12.8 Å². The van der Waals surface area contributed by atoms with Crippen LogP contribution in [0.4, 0.5) is 4.79 Å². The van der Waals surface area contributed by atoms with E-state index >= 15 is 0 Å². The lowest BCUT2D eigenvalue weighted by Gasteiger charge is -2.22. The number of carbonyl (C=O) groups excluding carboxylic acids is 1. The minimum atomic E-state index is -0.0917. The van der Waals surface area contributed by atoms with Gasteiger partial charge in [0.15, 0.2) is 5.82 Å². The van der Waals surface area contributed by atoms with Crippen LogP contribution in [0.1, 0.15) is 50.8 Å². The maximum absolute atomic E-state index is 12.0. The predicted molar refractivity (Wildman–Crippen MR) is 75.2 cm³/mol. The highest BCUT2D eigenvalue weighted by Gasteiger charge is 2.28. The minimum absolute atomic E-state index is 0.0754. The first-order valence-corrected chi connectivity index (χ1v) is 7.61. The molecule has 0 saturated heterocycles. The second-order valence-electron chi connectivity index (χ2n) is 6.25. The van der Waals surface area contributed by atoms with Gasteiger partial charge in [-0.1, -0.05) is 13.8 Å².